The Morgan fingerprint density at radius 1 is 1.71 bits per heavy atom. The van der Waals surface area contributed by atoms with Gasteiger partial charge in [-0.1, -0.05) is 0 Å². The average Bonchev–Trinajstić information content (AvgIpc) is 2.65. The molecule has 0 aliphatic carbocycles. The van der Waals surface area contributed by atoms with Crippen LogP contribution < -0.4 is 16.0 Å². The first-order valence-electron chi connectivity index (χ1n) is 3.99. The van der Waals surface area contributed by atoms with Gasteiger partial charge in [-0.2, -0.15) is 11.3 Å². The van der Waals surface area contributed by atoms with Crippen LogP contribution in [0.4, 0.5) is 5.69 Å². The third-order valence-corrected chi connectivity index (χ3v) is 2.34. The summed E-state index contributed by atoms with van der Waals surface area (Å²) in [6.45, 7) is 0. The number of nitrogens with zero attached hydrogens (tertiary/aromatic N) is 2. The van der Waals surface area contributed by atoms with E-state index in [-0.39, 0.29) is 5.96 Å². The predicted molar refractivity (Wildman–Crippen MR) is 61.1 cm³/mol. The zero-order chi connectivity index (χ0) is 10.6. The third kappa shape index (κ3) is 2.46. The summed E-state index contributed by atoms with van der Waals surface area (Å²) >= 11 is 1.61. The van der Waals surface area contributed by atoms with Crippen molar-refractivity contribution in [3.8, 4) is 0 Å². The molecule has 0 aliphatic heterocycles. The van der Waals surface area contributed by atoms with Crippen molar-refractivity contribution in [2.45, 2.75) is 0 Å². The van der Waals surface area contributed by atoms with E-state index in [1.165, 1.54) is 0 Å². The highest BCUT2D eigenvalue weighted by Gasteiger charge is 2.08. The van der Waals surface area contributed by atoms with Gasteiger partial charge in [0.1, 0.15) is 0 Å². The van der Waals surface area contributed by atoms with Crippen molar-refractivity contribution < 1.29 is 0 Å². The van der Waals surface area contributed by atoms with Gasteiger partial charge in [-0.25, -0.2) is 0 Å². The monoisotopic (exact) mass is 211 g/mol. The van der Waals surface area contributed by atoms with Crippen molar-refractivity contribution in [2.24, 2.45) is 10.7 Å². The van der Waals surface area contributed by atoms with Gasteiger partial charge in [-0.15, -0.1) is 0 Å². The maximum Gasteiger partial charge on any atom is 0.204 e. The smallest absolute Gasteiger partial charge is 0.204 e. The molecule has 1 aromatic rings. The van der Waals surface area contributed by atoms with Crippen LogP contribution in [0.2, 0.25) is 0 Å². The van der Waals surface area contributed by atoms with Crippen LogP contribution in [-0.2, 0) is 0 Å². The summed E-state index contributed by atoms with van der Waals surface area (Å²) < 4.78 is 0. The van der Waals surface area contributed by atoms with Crippen LogP contribution in [0.5, 0.6) is 0 Å². The molecule has 0 saturated carbocycles. The largest absolute Gasteiger partial charge is 0.370 e. The minimum Gasteiger partial charge on any atom is -0.370 e. The highest BCUT2D eigenvalue weighted by molar-refractivity contribution is 7.08. The van der Waals surface area contributed by atoms with Gasteiger partial charge in [-0.3, -0.25) is 15.7 Å². The van der Waals surface area contributed by atoms with Crippen LogP contribution in [0.1, 0.15) is 0 Å². The number of rotatable bonds is 1. The molecule has 6 heteroatoms. The molecule has 5 nitrogen and oxygen atoms in total. The maximum absolute atomic E-state index is 7.11. The van der Waals surface area contributed by atoms with Crippen LogP contribution in [0.3, 0.4) is 0 Å². The lowest BCUT2D eigenvalue weighted by Gasteiger charge is -2.19. The van der Waals surface area contributed by atoms with E-state index in [0.717, 1.165) is 5.69 Å². The van der Waals surface area contributed by atoms with Gasteiger partial charge in [0.15, 0.2) is 5.96 Å². The second-order valence-electron chi connectivity index (χ2n) is 2.63. The second kappa shape index (κ2) is 4.61. The fourth-order valence-corrected chi connectivity index (χ4v) is 1.65. The first-order valence-corrected chi connectivity index (χ1v) is 4.93. The van der Waals surface area contributed by atoms with Crippen LogP contribution in [0.25, 0.3) is 0 Å². The quantitative estimate of drug-likeness (QED) is 0.471. The second-order valence-corrected chi connectivity index (χ2v) is 3.41. The van der Waals surface area contributed by atoms with Gasteiger partial charge in [0, 0.05) is 19.5 Å². The zero-order valence-electron chi connectivity index (χ0n) is 8.11. The summed E-state index contributed by atoms with van der Waals surface area (Å²) in [7, 11) is 3.51. The van der Waals surface area contributed by atoms with Crippen molar-refractivity contribution in [3.63, 3.8) is 0 Å². The lowest BCUT2D eigenvalue weighted by molar-refractivity contribution is 1.12. The summed E-state index contributed by atoms with van der Waals surface area (Å²) in [6, 6.07) is 1.97. The predicted octanol–water partition coefficient (Wildman–Crippen LogP) is 0.653. The molecule has 0 fully saturated rings. The Kier molecular flexibility index (Phi) is 3.47. The number of hydrogen-bond acceptors (Lipinski definition) is 3. The van der Waals surface area contributed by atoms with Crippen molar-refractivity contribution in [1.82, 2.24) is 5.32 Å². The number of nitrogens with one attached hydrogen (secondary N) is 2. The van der Waals surface area contributed by atoms with E-state index in [1.54, 1.807) is 18.4 Å². The Balaban J connectivity index is 2.76. The summed E-state index contributed by atoms with van der Waals surface area (Å²) in [5, 5.41) is 13.7. The molecule has 0 unspecified atom stereocenters. The standard InChI is InChI=1S/C8H13N5S/c1-11-8(12-7(9)10)13(2)6-3-4-14-5-6/h3-5H,1-2H3,(H4,9,10,11,12). The van der Waals surface area contributed by atoms with E-state index in [4.69, 9.17) is 11.1 Å². The summed E-state index contributed by atoms with van der Waals surface area (Å²) in [5.74, 6) is 0.434. The Labute approximate surface area is 86.8 Å². The molecule has 14 heavy (non-hydrogen) atoms. The SMILES string of the molecule is C/N=C(/NC(=N)N)N(C)c1ccsc1. The topological polar surface area (TPSA) is 77.5 Å². The van der Waals surface area contributed by atoms with E-state index >= 15 is 0 Å². The highest BCUT2D eigenvalue weighted by atomic mass is 32.1. The fourth-order valence-electron chi connectivity index (χ4n) is 0.981. The van der Waals surface area contributed by atoms with E-state index in [0.29, 0.717) is 5.96 Å². The molecule has 1 heterocycles. The Bertz CT molecular complexity index is 330. The lowest BCUT2D eigenvalue weighted by Crippen LogP contribution is -2.44. The fraction of sp³-hybridized carbons (Fsp3) is 0.250. The van der Waals surface area contributed by atoms with E-state index < -0.39 is 0 Å². The molecule has 4 N–H and O–H groups in total. The van der Waals surface area contributed by atoms with Crippen molar-refractivity contribution >= 4 is 28.9 Å². The molecule has 0 spiro atoms. The molecule has 0 aromatic carbocycles. The van der Waals surface area contributed by atoms with Gasteiger partial charge in [0.2, 0.25) is 5.96 Å². The number of hydrogen-bond donors (Lipinski definition) is 3. The molecule has 0 atom stereocenters. The van der Waals surface area contributed by atoms with E-state index in [2.05, 4.69) is 10.3 Å². The number of nitrogens with two attached hydrogens (primary N) is 1. The van der Waals surface area contributed by atoms with Gasteiger partial charge < -0.3 is 10.6 Å². The van der Waals surface area contributed by atoms with Crippen LogP contribution in [0.15, 0.2) is 21.8 Å². The normalized spacial score (nSPS) is 11.1. The van der Waals surface area contributed by atoms with Gasteiger partial charge in [-0.05, 0) is 11.4 Å². The minimum absolute atomic E-state index is 0.118. The van der Waals surface area contributed by atoms with Crippen molar-refractivity contribution in [2.75, 3.05) is 19.0 Å². The average molecular weight is 211 g/mol. The van der Waals surface area contributed by atoms with Gasteiger partial charge in [0.05, 0.1) is 5.69 Å². The molecular weight excluding hydrogens is 198 g/mol. The van der Waals surface area contributed by atoms with E-state index in [1.807, 2.05) is 28.8 Å². The lowest BCUT2D eigenvalue weighted by atomic mass is 10.5. The molecule has 1 aromatic heterocycles. The van der Waals surface area contributed by atoms with Gasteiger partial charge in [0.25, 0.3) is 0 Å². The molecule has 0 amide bonds. The summed E-state index contributed by atoms with van der Waals surface area (Å²) in [5.41, 5.74) is 6.25. The molecule has 76 valence electrons. The first-order chi connectivity index (χ1) is 6.65. The maximum atomic E-state index is 7.11. The Morgan fingerprint density at radius 2 is 2.43 bits per heavy atom. The van der Waals surface area contributed by atoms with Crippen molar-refractivity contribution in [1.29, 1.82) is 5.41 Å². The summed E-state index contributed by atoms with van der Waals surface area (Å²) in [4.78, 5) is 5.83. The van der Waals surface area contributed by atoms with Crippen LogP contribution in [0, 0.1) is 5.41 Å². The number of thiophene rings is 1. The molecule has 0 bridgehead atoms. The molecule has 1 rings (SSSR count). The molecular formula is C8H13N5S. The molecule has 0 radical (unpaired) electrons. The number of guanidine groups is 2. The minimum atomic E-state index is -0.118. The van der Waals surface area contributed by atoms with Crippen LogP contribution in [-0.4, -0.2) is 26.0 Å². The number of aliphatic imine (C=N–C) groups is 1. The zero-order valence-corrected chi connectivity index (χ0v) is 8.93. The van der Waals surface area contributed by atoms with Crippen LogP contribution >= 0.6 is 11.3 Å². The highest BCUT2D eigenvalue weighted by Crippen LogP contribution is 2.16. The Hall–Kier alpha value is -1.56. The first kappa shape index (κ1) is 10.5. The summed E-state index contributed by atoms with van der Waals surface area (Å²) in [6.07, 6.45) is 0. The van der Waals surface area contributed by atoms with Gasteiger partial charge >= 0.3 is 0 Å². The number of anilines is 1. The van der Waals surface area contributed by atoms with E-state index in [9.17, 15) is 0 Å². The Morgan fingerprint density at radius 3 is 2.86 bits per heavy atom. The third-order valence-electron chi connectivity index (χ3n) is 1.67. The van der Waals surface area contributed by atoms with Crippen molar-refractivity contribution in [3.05, 3.63) is 16.8 Å². The molecule has 0 aliphatic rings. The molecule has 0 saturated heterocycles.